The van der Waals surface area contributed by atoms with Crippen molar-refractivity contribution in [3.05, 3.63) is 72.2 Å². The van der Waals surface area contributed by atoms with Crippen LogP contribution in [0.4, 0.5) is 16.2 Å². The summed E-state index contributed by atoms with van der Waals surface area (Å²) in [5.41, 5.74) is 4.21. The first kappa shape index (κ1) is 20.8. The van der Waals surface area contributed by atoms with Crippen LogP contribution < -0.4 is 15.4 Å². The molecule has 4 rings (SSSR count). The molecule has 1 unspecified atom stereocenters. The van der Waals surface area contributed by atoms with Gasteiger partial charge in [-0.1, -0.05) is 6.07 Å². The monoisotopic (exact) mass is 417 g/mol. The van der Waals surface area contributed by atoms with E-state index in [1.54, 1.807) is 36.5 Å². The zero-order valence-corrected chi connectivity index (χ0v) is 17.8. The van der Waals surface area contributed by atoms with Crippen molar-refractivity contribution in [3.8, 4) is 11.6 Å². The number of aryl methyl sites for hydroxylation is 1. The number of nitrogens with zero attached hydrogens (tertiary/aromatic N) is 3. The summed E-state index contributed by atoms with van der Waals surface area (Å²) in [4.78, 5) is 22.6. The van der Waals surface area contributed by atoms with Crippen LogP contribution in [0.5, 0.6) is 11.6 Å². The lowest BCUT2D eigenvalue weighted by Crippen LogP contribution is -2.26. The molecule has 1 atom stereocenters. The lowest BCUT2D eigenvalue weighted by molar-refractivity contribution is 0.262. The molecule has 7 nitrogen and oxygen atoms in total. The predicted molar refractivity (Wildman–Crippen MR) is 122 cm³/mol. The van der Waals surface area contributed by atoms with Crippen molar-refractivity contribution in [1.82, 2.24) is 14.9 Å². The molecule has 0 fully saturated rings. The van der Waals surface area contributed by atoms with Gasteiger partial charge in [0.25, 0.3) is 0 Å². The van der Waals surface area contributed by atoms with Gasteiger partial charge in [-0.15, -0.1) is 0 Å². The zero-order valence-electron chi connectivity index (χ0n) is 17.8. The van der Waals surface area contributed by atoms with Crippen molar-refractivity contribution >= 4 is 17.4 Å². The summed E-state index contributed by atoms with van der Waals surface area (Å²) in [6, 6.07) is 14.8. The minimum atomic E-state index is -0.272. The number of aromatic nitrogens is 2. The Bertz CT molecular complexity index is 1020. The molecular formula is C24H27N5O2. The van der Waals surface area contributed by atoms with Gasteiger partial charge in [0, 0.05) is 30.2 Å². The number of ether oxygens (including phenoxy) is 1. The van der Waals surface area contributed by atoms with Crippen molar-refractivity contribution in [2.75, 3.05) is 31.3 Å². The number of amides is 2. The quantitative estimate of drug-likeness (QED) is 0.614. The first-order valence-electron chi connectivity index (χ1n) is 10.4. The molecule has 0 spiro atoms. The molecule has 0 bridgehead atoms. The third-order valence-corrected chi connectivity index (χ3v) is 5.31. The molecule has 0 radical (unpaired) electrons. The molecule has 0 saturated heterocycles. The van der Waals surface area contributed by atoms with Crippen molar-refractivity contribution in [3.63, 3.8) is 0 Å². The standard InChI is InChI=1S/C24H27N5O2/c1-29(2)15-17-3-4-19-14-21(6-5-18(19)13-17)28-24(30)27-20-7-9-22(10-8-20)31-23-11-12-25-16-26-23/h5-12,14,16-17H,3-4,13,15H2,1-2H3,(H2,27,28,30). The van der Waals surface area contributed by atoms with Crippen molar-refractivity contribution < 1.29 is 9.53 Å². The van der Waals surface area contributed by atoms with E-state index in [0.29, 0.717) is 23.2 Å². The number of urea groups is 1. The third-order valence-electron chi connectivity index (χ3n) is 5.31. The second kappa shape index (κ2) is 9.57. The Morgan fingerprint density at radius 2 is 1.84 bits per heavy atom. The number of rotatable bonds is 6. The average Bonchev–Trinajstić information content (AvgIpc) is 2.75. The fourth-order valence-corrected chi connectivity index (χ4v) is 3.94. The predicted octanol–water partition coefficient (Wildman–Crippen LogP) is 4.58. The largest absolute Gasteiger partial charge is 0.439 e. The van der Waals surface area contributed by atoms with E-state index in [1.807, 2.05) is 6.07 Å². The minimum Gasteiger partial charge on any atom is -0.439 e. The zero-order chi connectivity index (χ0) is 21.6. The van der Waals surface area contributed by atoms with Crippen LogP contribution in [0, 0.1) is 5.92 Å². The number of carbonyl (C=O) groups is 1. The summed E-state index contributed by atoms with van der Waals surface area (Å²) in [6.07, 6.45) is 6.39. The highest BCUT2D eigenvalue weighted by Gasteiger charge is 2.19. The SMILES string of the molecule is CN(C)CC1CCc2cc(NC(=O)Nc3ccc(Oc4ccncn4)cc3)ccc2C1. The molecule has 3 aromatic rings. The highest BCUT2D eigenvalue weighted by molar-refractivity contribution is 5.99. The number of hydrogen-bond acceptors (Lipinski definition) is 5. The molecule has 1 heterocycles. The van der Waals surface area contributed by atoms with Crippen molar-refractivity contribution in [2.45, 2.75) is 19.3 Å². The maximum Gasteiger partial charge on any atom is 0.323 e. The Kier molecular flexibility index (Phi) is 6.43. The van der Waals surface area contributed by atoms with Gasteiger partial charge in [-0.3, -0.25) is 0 Å². The first-order chi connectivity index (χ1) is 15.0. The Labute approximate surface area is 182 Å². The lowest BCUT2D eigenvalue weighted by Gasteiger charge is -2.27. The molecule has 1 aliphatic carbocycles. The van der Waals surface area contributed by atoms with Crippen molar-refractivity contribution in [1.29, 1.82) is 0 Å². The summed E-state index contributed by atoms with van der Waals surface area (Å²) in [5, 5.41) is 5.79. The van der Waals surface area contributed by atoms with Crippen LogP contribution in [0.25, 0.3) is 0 Å². The molecule has 31 heavy (non-hydrogen) atoms. The van der Waals surface area contributed by atoms with E-state index in [9.17, 15) is 4.79 Å². The van der Waals surface area contributed by atoms with Crippen LogP contribution in [0.1, 0.15) is 17.5 Å². The Balaban J connectivity index is 1.32. The topological polar surface area (TPSA) is 79.4 Å². The number of carbonyl (C=O) groups excluding carboxylic acids is 1. The Hall–Kier alpha value is -3.45. The van der Waals surface area contributed by atoms with E-state index >= 15 is 0 Å². The summed E-state index contributed by atoms with van der Waals surface area (Å²) in [7, 11) is 4.25. The van der Waals surface area contributed by atoms with Gasteiger partial charge < -0.3 is 20.3 Å². The Morgan fingerprint density at radius 3 is 2.58 bits per heavy atom. The van der Waals surface area contributed by atoms with Crippen LogP contribution in [0.3, 0.4) is 0 Å². The van der Waals surface area contributed by atoms with Crippen LogP contribution in [-0.4, -0.2) is 41.5 Å². The van der Waals surface area contributed by atoms with Gasteiger partial charge in [0.15, 0.2) is 0 Å². The minimum absolute atomic E-state index is 0.272. The molecule has 0 aliphatic heterocycles. The van der Waals surface area contributed by atoms with Crippen LogP contribution in [0.2, 0.25) is 0 Å². The summed E-state index contributed by atoms with van der Waals surface area (Å²) in [5.74, 6) is 1.80. The smallest absolute Gasteiger partial charge is 0.323 e. The molecule has 7 heteroatoms. The van der Waals surface area contributed by atoms with E-state index in [-0.39, 0.29) is 6.03 Å². The molecule has 2 N–H and O–H groups in total. The molecular weight excluding hydrogens is 390 g/mol. The van der Waals surface area contributed by atoms with E-state index in [1.165, 1.54) is 23.9 Å². The number of fused-ring (bicyclic) bond motifs is 1. The number of nitrogens with one attached hydrogen (secondary N) is 2. The van der Waals surface area contributed by atoms with E-state index in [2.05, 4.69) is 51.7 Å². The molecule has 0 saturated carbocycles. The molecule has 1 aromatic heterocycles. The fraction of sp³-hybridized carbons (Fsp3) is 0.292. The van der Waals surface area contributed by atoms with Crippen LogP contribution in [-0.2, 0) is 12.8 Å². The average molecular weight is 418 g/mol. The van der Waals surface area contributed by atoms with Gasteiger partial charge in [-0.05, 0) is 86.8 Å². The highest BCUT2D eigenvalue weighted by Crippen LogP contribution is 2.28. The first-order valence-corrected chi connectivity index (χ1v) is 10.4. The maximum absolute atomic E-state index is 12.4. The second-order valence-electron chi connectivity index (χ2n) is 8.11. The van der Waals surface area contributed by atoms with E-state index in [4.69, 9.17) is 4.74 Å². The van der Waals surface area contributed by atoms with Crippen LogP contribution in [0.15, 0.2) is 61.1 Å². The summed E-state index contributed by atoms with van der Waals surface area (Å²) < 4.78 is 5.63. The molecule has 2 amide bonds. The van der Waals surface area contributed by atoms with Crippen molar-refractivity contribution in [2.24, 2.45) is 5.92 Å². The molecule has 2 aromatic carbocycles. The maximum atomic E-state index is 12.4. The van der Waals surface area contributed by atoms with Gasteiger partial charge in [0.05, 0.1) is 0 Å². The van der Waals surface area contributed by atoms with E-state index in [0.717, 1.165) is 25.1 Å². The third kappa shape index (κ3) is 5.79. The molecule has 160 valence electrons. The van der Waals surface area contributed by atoms with Gasteiger partial charge in [0.2, 0.25) is 5.88 Å². The van der Waals surface area contributed by atoms with Gasteiger partial charge in [0.1, 0.15) is 12.1 Å². The Morgan fingerprint density at radius 1 is 1.06 bits per heavy atom. The van der Waals surface area contributed by atoms with E-state index < -0.39 is 0 Å². The normalized spacial score (nSPS) is 15.3. The number of anilines is 2. The lowest BCUT2D eigenvalue weighted by atomic mass is 9.83. The van der Waals surface area contributed by atoms with Crippen LogP contribution >= 0.6 is 0 Å². The van der Waals surface area contributed by atoms with Gasteiger partial charge in [-0.2, -0.15) is 0 Å². The number of hydrogen-bond donors (Lipinski definition) is 2. The van der Waals surface area contributed by atoms with Gasteiger partial charge in [-0.25, -0.2) is 14.8 Å². The molecule has 1 aliphatic rings. The highest BCUT2D eigenvalue weighted by atomic mass is 16.5. The van der Waals surface area contributed by atoms with Gasteiger partial charge >= 0.3 is 6.03 Å². The second-order valence-corrected chi connectivity index (χ2v) is 8.11. The summed E-state index contributed by atoms with van der Waals surface area (Å²) >= 11 is 0. The number of benzene rings is 2. The summed E-state index contributed by atoms with van der Waals surface area (Å²) in [6.45, 7) is 1.12. The fourth-order valence-electron chi connectivity index (χ4n) is 3.94.